The molecule has 0 aromatic heterocycles. The molecule has 0 aliphatic rings. The van der Waals surface area contributed by atoms with Gasteiger partial charge in [-0.15, -0.1) is 0 Å². The van der Waals surface area contributed by atoms with Gasteiger partial charge in [-0.3, -0.25) is 0 Å². The SMILES string of the molecule is C=CC(=O)OCCC[Si](C)(C)O[Si](C)(C)O[Si](C)(C)C. The molecule has 0 rings (SSSR count). The Hall–Kier alpha value is -0.219. The van der Waals surface area contributed by atoms with Gasteiger partial charge in [0.25, 0.3) is 0 Å². The molecule has 0 saturated heterocycles. The first-order valence-electron chi connectivity index (χ1n) is 7.06. The van der Waals surface area contributed by atoms with Crippen molar-refractivity contribution in [1.82, 2.24) is 0 Å². The van der Waals surface area contributed by atoms with Gasteiger partial charge in [-0.2, -0.15) is 0 Å². The highest BCUT2D eigenvalue weighted by Crippen LogP contribution is 2.23. The minimum Gasteiger partial charge on any atom is -0.463 e. The molecule has 4 nitrogen and oxygen atoms in total. The highest BCUT2D eigenvalue weighted by molar-refractivity contribution is 6.87. The van der Waals surface area contributed by atoms with Crippen LogP contribution in [0.15, 0.2) is 12.7 Å². The van der Waals surface area contributed by atoms with Gasteiger partial charge in [-0.1, -0.05) is 6.58 Å². The molecule has 7 heteroatoms. The molecular formula is C13H30O4Si3. The third-order valence-corrected chi connectivity index (χ3v) is 12.6. The molecule has 0 unspecified atom stereocenters. The Morgan fingerprint density at radius 3 is 2.05 bits per heavy atom. The lowest BCUT2D eigenvalue weighted by atomic mass is 10.5. The van der Waals surface area contributed by atoms with Crippen LogP contribution in [0.3, 0.4) is 0 Å². The van der Waals surface area contributed by atoms with Gasteiger partial charge in [0.15, 0.2) is 16.6 Å². The van der Waals surface area contributed by atoms with Gasteiger partial charge in [-0.25, -0.2) is 4.79 Å². The second-order valence-electron chi connectivity index (χ2n) is 6.95. The van der Waals surface area contributed by atoms with Gasteiger partial charge < -0.3 is 13.0 Å². The van der Waals surface area contributed by atoms with E-state index in [1.54, 1.807) is 0 Å². The highest BCUT2D eigenvalue weighted by atomic mass is 28.5. The number of esters is 1. The standard InChI is InChI=1S/C13H30O4Si3/c1-9-13(14)15-11-10-12-19(5,6)17-20(7,8)16-18(2,3)4/h9H,1,10-12H2,2-8H3. The lowest BCUT2D eigenvalue weighted by Gasteiger charge is -2.37. The summed E-state index contributed by atoms with van der Waals surface area (Å²) in [5.74, 6) is -0.359. The van der Waals surface area contributed by atoms with E-state index >= 15 is 0 Å². The van der Waals surface area contributed by atoms with Crippen LogP contribution in [0.1, 0.15) is 6.42 Å². The fourth-order valence-electron chi connectivity index (χ4n) is 2.20. The predicted molar refractivity (Wildman–Crippen MR) is 91.1 cm³/mol. The number of carbonyl (C=O) groups is 1. The van der Waals surface area contributed by atoms with Crippen molar-refractivity contribution in [2.24, 2.45) is 0 Å². The molecule has 0 aliphatic carbocycles. The van der Waals surface area contributed by atoms with Crippen molar-refractivity contribution in [3.05, 3.63) is 12.7 Å². The van der Waals surface area contributed by atoms with E-state index in [1.807, 2.05) is 0 Å². The van der Waals surface area contributed by atoms with Crippen molar-refractivity contribution in [3.8, 4) is 0 Å². The first-order valence-corrected chi connectivity index (χ1v) is 16.4. The maximum Gasteiger partial charge on any atom is 0.330 e. The zero-order valence-corrected chi connectivity index (χ0v) is 17.0. The van der Waals surface area contributed by atoms with E-state index in [9.17, 15) is 4.79 Å². The summed E-state index contributed by atoms with van der Waals surface area (Å²) in [4.78, 5) is 11.0. The van der Waals surface area contributed by atoms with E-state index in [0.717, 1.165) is 12.5 Å². The molecule has 118 valence electrons. The Balaban J connectivity index is 4.23. The lowest BCUT2D eigenvalue weighted by molar-refractivity contribution is -0.137. The number of hydrogen-bond acceptors (Lipinski definition) is 4. The van der Waals surface area contributed by atoms with Crippen molar-refractivity contribution in [3.63, 3.8) is 0 Å². The first kappa shape index (κ1) is 19.8. The van der Waals surface area contributed by atoms with Gasteiger partial charge in [0.05, 0.1) is 6.61 Å². The summed E-state index contributed by atoms with van der Waals surface area (Å²) in [5, 5.41) is 0. The van der Waals surface area contributed by atoms with Crippen molar-refractivity contribution in [2.75, 3.05) is 6.61 Å². The summed E-state index contributed by atoms with van der Waals surface area (Å²) in [5.41, 5.74) is 0. The summed E-state index contributed by atoms with van der Waals surface area (Å²) in [6.45, 7) is 19.0. The molecule has 0 aromatic rings. The zero-order valence-electron chi connectivity index (χ0n) is 14.0. The van der Waals surface area contributed by atoms with Crippen molar-refractivity contribution < 1.29 is 17.8 Å². The summed E-state index contributed by atoms with van der Waals surface area (Å²) in [6, 6.07) is 0.961. The van der Waals surface area contributed by atoms with Gasteiger partial charge in [0.1, 0.15) is 0 Å². The Kier molecular flexibility index (Phi) is 7.61. The van der Waals surface area contributed by atoms with E-state index in [-0.39, 0.29) is 5.97 Å². The average Bonchev–Trinajstić information content (AvgIpc) is 2.18. The Morgan fingerprint density at radius 1 is 1.05 bits per heavy atom. The van der Waals surface area contributed by atoms with E-state index in [1.165, 1.54) is 6.08 Å². The quantitative estimate of drug-likeness (QED) is 0.278. The fraction of sp³-hybridized carbons (Fsp3) is 0.769. The molecule has 0 radical (unpaired) electrons. The molecule has 0 heterocycles. The van der Waals surface area contributed by atoms with Crippen LogP contribution in [-0.2, 0) is 17.8 Å². The summed E-state index contributed by atoms with van der Waals surface area (Å²) < 4.78 is 17.6. The average molecular weight is 335 g/mol. The molecule has 0 spiro atoms. The molecule has 20 heavy (non-hydrogen) atoms. The second kappa shape index (κ2) is 7.69. The summed E-state index contributed by atoms with van der Waals surface area (Å²) in [7, 11) is -5.41. The number of rotatable bonds is 9. The molecule has 0 aromatic carbocycles. The van der Waals surface area contributed by atoms with Crippen LogP contribution >= 0.6 is 0 Å². The van der Waals surface area contributed by atoms with Crippen LogP contribution in [0.4, 0.5) is 0 Å². The van der Waals surface area contributed by atoms with Gasteiger partial charge in [0, 0.05) is 6.08 Å². The maximum absolute atomic E-state index is 11.0. The number of hydrogen-bond donors (Lipinski definition) is 0. The smallest absolute Gasteiger partial charge is 0.330 e. The Labute approximate surface area is 127 Å². The molecular weight excluding hydrogens is 304 g/mol. The van der Waals surface area contributed by atoms with Crippen molar-refractivity contribution in [1.29, 1.82) is 0 Å². The van der Waals surface area contributed by atoms with Crippen LogP contribution < -0.4 is 0 Å². The zero-order chi connectivity index (χ0) is 16.0. The van der Waals surface area contributed by atoms with Crippen molar-refractivity contribution in [2.45, 2.75) is 58.3 Å². The van der Waals surface area contributed by atoms with Crippen LogP contribution in [0, 0.1) is 0 Å². The minimum atomic E-state index is -2.06. The van der Waals surface area contributed by atoms with Crippen LogP contribution in [-0.4, -0.2) is 37.8 Å². The summed E-state index contributed by atoms with van der Waals surface area (Å²) in [6.07, 6.45) is 2.02. The highest BCUT2D eigenvalue weighted by Gasteiger charge is 2.37. The Bertz CT molecular complexity index is 335. The van der Waals surface area contributed by atoms with Crippen LogP contribution in [0.5, 0.6) is 0 Å². The largest absolute Gasteiger partial charge is 0.463 e. The number of carbonyl (C=O) groups excluding carboxylic acids is 1. The minimum absolute atomic E-state index is 0.359. The molecule has 0 amide bonds. The second-order valence-corrected chi connectivity index (χ2v) is 19.6. The lowest BCUT2D eigenvalue weighted by Crippen LogP contribution is -2.51. The van der Waals surface area contributed by atoms with Gasteiger partial charge in [-0.05, 0) is 58.3 Å². The van der Waals surface area contributed by atoms with Crippen LogP contribution in [0.25, 0.3) is 0 Å². The topological polar surface area (TPSA) is 44.8 Å². The van der Waals surface area contributed by atoms with Crippen molar-refractivity contribution >= 4 is 31.2 Å². The molecule has 0 N–H and O–H groups in total. The number of ether oxygens (including phenoxy) is 1. The monoisotopic (exact) mass is 334 g/mol. The Morgan fingerprint density at radius 2 is 1.60 bits per heavy atom. The summed E-state index contributed by atoms with van der Waals surface area (Å²) >= 11 is 0. The maximum atomic E-state index is 11.0. The van der Waals surface area contributed by atoms with Gasteiger partial charge in [0.2, 0.25) is 0 Å². The molecule has 0 aliphatic heterocycles. The van der Waals surface area contributed by atoms with E-state index in [2.05, 4.69) is 52.4 Å². The van der Waals surface area contributed by atoms with E-state index < -0.39 is 25.2 Å². The van der Waals surface area contributed by atoms with Crippen LogP contribution in [0.2, 0.25) is 51.9 Å². The van der Waals surface area contributed by atoms with Gasteiger partial charge >= 0.3 is 14.5 Å². The molecule has 0 atom stereocenters. The normalized spacial score (nSPS) is 13.2. The third kappa shape index (κ3) is 10.6. The first-order chi connectivity index (χ1) is 8.87. The fourth-order valence-corrected chi connectivity index (χ4v) is 15.4. The van der Waals surface area contributed by atoms with E-state index in [4.69, 9.17) is 13.0 Å². The van der Waals surface area contributed by atoms with E-state index in [0.29, 0.717) is 6.61 Å². The molecule has 0 saturated carbocycles. The molecule has 0 bridgehead atoms. The molecule has 0 fully saturated rings. The predicted octanol–water partition coefficient (Wildman–Crippen LogP) is 3.88. The third-order valence-electron chi connectivity index (χ3n) is 2.41.